The van der Waals surface area contributed by atoms with Gasteiger partial charge in [-0.15, -0.1) is 0 Å². The lowest BCUT2D eigenvalue weighted by Gasteiger charge is -2.66. The Kier molecular flexibility index (Phi) is 7.12. The molecule has 9 heteroatoms. The molecule has 4 saturated carbocycles. The fourth-order valence-electron chi connectivity index (χ4n) is 10.0. The highest BCUT2D eigenvalue weighted by molar-refractivity contribution is 5.74. The second-order valence-electron chi connectivity index (χ2n) is 14.1. The van der Waals surface area contributed by atoms with Crippen LogP contribution in [0.2, 0.25) is 0 Å². The first-order valence-electron chi connectivity index (χ1n) is 15.5. The summed E-state index contributed by atoms with van der Waals surface area (Å²) in [4.78, 5) is 26.4. The minimum absolute atomic E-state index is 0.0798. The van der Waals surface area contributed by atoms with E-state index in [1.165, 1.54) is 6.07 Å². The number of urea groups is 1. The lowest BCUT2D eigenvalue weighted by atomic mass is 9.42. The van der Waals surface area contributed by atoms with Crippen LogP contribution in [0.25, 0.3) is 0 Å². The number of aliphatic hydroxyl groups is 3. The highest BCUT2D eigenvalue weighted by Crippen LogP contribution is 2.71. The predicted octanol–water partition coefficient (Wildman–Crippen LogP) is 2.73. The Balaban J connectivity index is 1.11. The van der Waals surface area contributed by atoms with Crippen LogP contribution in [0.5, 0.6) is 0 Å². The van der Waals surface area contributed by atoms with Gasteiger partial charge in [-0.3, -0.25) is 4.90 Å². The summed E-state index contributed by atoms with van der Waals surface area (Å²) in [6.45, 7) is 7.24. The third kappa shape index (κ3) is 4.43. The normalized spacial score (nSPS) is 44.9. The molecule has 1 aromatic heterocycles. The number of nitrogens with one attached hydrogen (secondary N) is 2. The van der Waals surface area contributed by atoms with Gasteiger partial charge in [0.2, 0.25) is 0 Å². The van der Waals surface area contributed by atoms with E-state index in [9.17, 15) is 24.9 Å². The predicted molar refractivity (Wildman–Crippen MR) is 150 cm³/mol. The van der Waals surface area contributed by atoms with Crippen molar-refractivity contribution in [3.05, 3.63) is 34.4 Å². The molecule has 1 aromatic rings. The zero-order chi connectivity index (χ0) is 28.3. The van der Waals surface area contributed by atoms with Crippen molar-refractivity contribution in [2.75, 3.05) is 26.2 Å². The van der Waals surface area contributed by atoms with Crippen molar-refractivity contribution in [1.29, 1.82) is 0 Å². The van der Waals surface area contributed by atoms with Gasteiger partial charge in [-0.25, -0.2) is 9.59 Å². The van der Waals surface area contributed by atoms with Crippen molar-refractivity contribution >= 4 is 6.03 Å². The van der Waals surface area contributed by atoms with E-state index < -0.39 is 11.2 Å². The number of rotatable bonds is 5. The number of carbonyl (C=O) groups is 1. The molecule has 1 aliphatic heterocycles. The molecule has 2 amide bonds. The molecule has 5 aliphatic rings. The third-order valence-corrected chi connectivity index (χ3v) is 12.4. The van der Waals surface area contributed by atoms with E-state index in [2.05, 4.69) is 29.4 Å². The summed E-state index contributed by atoms with van der Waals surface area (Å²) in [5.74, 6) is 0.488. The Bertz CT molecular complexity index is 1160. The van der Waals surface area contributed by atoms with Crippen LogP contribution in [0, 0.1) is 22.7 Å². The van der Waals surface area contributed by atoms with Crippen LogP contribution in [0.4, 0.5) is 4.79 Å². The fraction of sp³-hybridized carbons (Fsp3) is 0.806. The molecular weight excluding hydrogens is 510 g/mol. The van der Waals surface area contributed by atoms with Gasteiger partial charge in [0.15, 0.2) is 0 Å². The number of hydrogen-bond donors (Lipinski definition) is 5. The number of likely N-dealkylation sites (tertiary alicyclic amines) is 1. The number of hydrogen-bond acceptors (Lipinski definition) is 7. The summed E-state index contributed by atoms with van der Waals surface area (Å²) in [6.07, 6.45) is 9.12. The molecule has 222 valence electrons. The molecule has 0 radical (unpaired) electrons. The maximum Gasteiger partial charge on any atom is 0.335 e. The van der Waals surface area contributed by atoms with E-state index in [0.717, 1.165) is 70.0 Å². The molecule has 4 aliphatic carbocycles. The number of nitrogens with zero attached hydrogens (tertiary/aromatic N) is 1. The summed E-state index contributed by atoms with van der Waals surface area (Å²) in [6, 6.07) is 3.07. The quantitative estimate of drug-likeness (QED) is 0.376. The smallest absolute Gasteiger partial charge is 0.335 e. The molecule has 5 fully saturated rings. The number of aliphatic hydroxyl groups excluding tert-OH is 1. The maximum absolute atomic E-state index is 12.7. The Morgan fingerprint density at radius 3 is 2.52 bits per heavy atom. The van der Waals surface area contributed by atoms with Crippen LogP contribution in [0.1, 0.15) is 89.5 Å². The molecule has 9 atom stereocenters. The summed E-state index contributed by atoms with van der Waals surface area (Å²) >= 11 is 0. The summed E-state index contributed by atoms with van der Waals surface area (Å²) in [5, 5.41) is 40.3. The number of fused-ring (bicyclic) bond motifs is 5. The van der Waals surface area contributed by atoms with Crippen molar-refractivity contribution in [2.45, 2.75) is 107 Å². The van der Waals surface area contributed by atoms with Crippen LogP contribution in [0.3, 0.4) is 0 Å². The van der Waals surface area contributed by atoms with E-state index in [1.807, 2.05) is 6.07 Å². The highest BCUT2D eigenvalue weighted by Gasteiger charge is 2.70. The number of carbonyl (C=O) groups excluding carboxylic acids is 1. The number of β-amino-alcohol motifs (C(OH)–C–C–N with tert-alkyl or cyclic N) is 1. The average molecular weight is 558 g/mol. The van der Waals surface area contributed by atoms with Crippen LogP contribution < -0.4 is 16.3 Å². The topological polar surface area (TPSA) is 135 Å². The van der Waals surface area contributed by atoms with Crippen molar-refractivity contribution in [1.82, 2.24) is 15.5 Å². The van der Waals surface area contributed by atoms with Gasteiger partial charge in [0.1, 0.15) is 0 Å². The van der Waals surface area contributed by atoms with Crippen LogP contribution in [0.15, 0.2) is 27.6 Å². The molecule has 9 nitrogen and oxygen atoms in total. The fourth-order valence-corrected chi connectivity index (χ4v) is 10.0. The van der Waals surface area contributed by atoms with E-state index >= 15 is 0 Å². The van der Waals surface area contributed by atoms with Gasteiger partial charge in [-0.1, -0.05) is 13.8 Å². The lowest BCUT2D eigenvalue weighted by Crippen LogP contribution is -2.68. The zero-order valence-corrected chi connectivity index (χ0v) is 24.0. The second-order valence-corrected chi connectivity index (χ2v) is 14.1. The van der Waals surface area contributed by atoms with E-state index in [0.29, 0.717) is 25.9 Å². The first-order valence-corrected chi connectivity index (χ1v) is 15.5. The molecule has 1 saturated heterocycles. The van der Waals surface area contributed by atoms with Crippen molar-refractivity contribution in [3.8, 4) is 0 Å². The summed E-state index contributed by atoms with van der Waals surface area (Å²) < 4.78 is 5.21. The van der Waals surface area contributed by atoms with Crippen LogP contribution >= 0.6 is 0 Å². The second kappa shape index (κ2) is 10.1. The lowest BCUT2D eigenvalue weighted by molar-refractivity contribution is -0.247. The van der Waals surface area contributed by atoms with Crippen molar-refractivity contribution < 1.29 is 24.5 Å². The molecular formula is C31H47N3O6. The first kappa shape index (κ1) is 28.2. The molecule has 6 rings (SSSR count). The van der Waals surface area contributed by atoms with Gasteiger partial charge in [0.25, 0.3) is 0 Å². The Hall–Kier alpha value is -1.94. The molecule has 0 aromatic carbocycles. The Morgan fingerprint density at radius 2 is 1.80 bits per heavy atom. The van der Waals surface area contributed by atoms with Gasteiger partial charge in [-0.05, 0) is 99.0 Å². The largest absolute Gasteiger partial charge is 0.431 e. The van der Waals surface area contributed by atoms with E-state index in [-0.39, 0.29) is 52.4 Å². The summed E-state index contributed by atoms with van der Waals surface area (Å²) in [5.41, 5.74) is -1.66. The molecule has 2 heterocycles. The van der Waals surface area contributed by atoms with Gasteiger partial charge in [0.05, 0.1) is 23.6 Å². The Morgan fingerprint density at radius 1 is 1.02 bits per heavy atom. The molecule has 0 spiro atoms. The molecule has 40 heavy (non-hydrogen) atoms. The van der Waals surface area contributed by atoms with E-state index in [1.54, 1.807) is 6.26 Å². The molecule has 0 unspecified atom stereocenters. The minimum atomic E-state index is -0.874. The minimum Gasteiger partial charge on any atom is -0.431 e. The van der Waals surface area contributed by atoms with Crippen LogP contribution in [-0.2, 0) is 0 Å². The first-order chi connectivity index (χ1) is 19.0. The molecule has 5 N–H and O–H groups in total. The average Bonchev–Trinajstić information content (AvgIpc) is 3.45. The van der Waals surface area contributed by atoms with Gasteiger partial charge >= 0.3 is 11.7 Å². The third-order valence-electron chi connectivity index (χ3n) is 12.4. The SMILES string of the molecule is C[C@]12CC[C@H](NC(=O)NCCN3CC[C@@H](O)C3)C[C@@]1(O)CC[C@@H]1[C@@H]2CC[C@]2(C)[C@@H](c3ccc(=O)oc3)CC[C@]12O. The van der Waals surface area contributed by atoms with Gasteiger partial charge < -0.3 is 30.4 Å². The van der Waals surface area contributed by atoms with Gasteiger partial charge in [-0.2, -0.15) is 0 Å². The Labute approximate surface area is 236 Å². The zero-order valence-electron chi connectivity index (χ0n) is 24.0. The van der Waals surface area contributed by atoms with E-state index in [4.69, 9.17) is 4.42 Å². The highest BCUT2D eigenvalue weighted by atomic mass is 16.4. The monoisotopic (exact) mass is 557 g/mol. The standard InChI is InChI=1S/C31H47N3O6/c1-28-10-5-21(33-27(37)32-14-16-34-15-9-22(35)18-34)17-30(28,38)12-7-25-24(28)6-11-29(2)23(8-13-31(25,29)39)20-3-4-26(36)40-19-20/h3-4,19,21-25,35,38-39H,5-18H2,1-2H3,(H2,32,33,37)/t21-,22+,23+,24-,25+,28+,29+,30-,31-/m0/s1. The maximum atomic E-state index is 12.7. The van der Waals surface area contributed by atoms with Gasteiger partial charge in [0, 0.05) is 43.7 Å². The van der Waals surface area contributed by atoms with Crippen LogP contribution in [-0.4, -0.2) is 75.8 Å². The van der Waals surface area contributed by atoms with Crippen molar-refractivity contribution in [3.63, 3.8) is 0 Å². The molecule has 0 bridgehead atoms. The van der Waals surface area contributed by atoms with Crippen molar-refractivity contribution in [2.24, 2.45) is 22.7 Å². The number of amides is 2. The summed E-state index contributed by atoms with van der Waals surface area (Å²) in [7, 11) is 0.